The number of hydrogen-bond donors (Lipinski definition) is 0. The van der Waals surface area contributed by atoms with Gasteiger partial charge in [-0.1, -0.05) is 95.4 Å². The van der Waals surface area contributed by atoms with Crippen LogP contribution in [-0.4, -0.2) is 0 Å². The van der Waals surface area contributed by atoms with E-state index in [-0.39, 0.29) is 0 Å². The van der Waals surface area contributed by atoms with E-state index in [1.165, 1.54) is 102 Å². The van der Waals surface area contributed by atoms with Crippen LogP contribution in [0.1, 0.15) is 117 Å². The minimum absolute atomic E-state index is 0.713. The van der Waals surface area contributed by atoms with Crippen molar-refractivity contribution in [3.63, 3.8) is 0 Å². The van der Waals surface area contributed by atoms with Gasteiger partial charge in [-0.15, -0.1) is 0 Å². The molecule has 2 rings (SSSR count). The van der Waals surface area contributed by atoms with Crippen molar-refractivity contribution in [1.29, 1.82) is 0 Å². The van der Waals surface area contributed by atoms with E-state index in [2.05, 4.69) is 27.4 Å². The lowest BCUT2D eigenvalue weighted by atomic mass is 9.76. The number of rotatable bonds is 2. The second-order valence-electron chi connectivity index (χ2n) is 9.42. The summed E-state index contributed by atoms with van der Waals surface area (Å²) in [6, 6.07) is 0. The summed E-state index contributed by atoms with van der Waals surface area (Å²) < 4.78 is 0. The summed E-state index contributed by atoms with van der Waals surface area (Å²) in [5.74, 6) is 2.44. The maximum atomic E-state index is 4.49. The standard InChI is InChI=1S/C25H44/c1-20(2)24-18-17-21(3)13-12-14-22(4)19-25(24)23-15-10-8-6-5-7-9-11-16-23/h20-21,23H,4-19H2,1-3H3. The van der Waals surface area contributed by atoms with Gasteiger partial charge in [0.15, 0.2) is 0 Å². The second kappa shape index (κ2) is 11.2. The summed E-state index contributed by atoms with van der Waals surface area (Å²) in [5, 5.41) is 0. The maximum Gasteiger partial charge on any atom is -0.0106 e. The number of hydrogen-bond acceptors (Lipinski definition) is 0. The van der Waals surface area contributed by atoms with Crippen molar-refractivity contribution in [2.45, 2.75) is 117 Å². The Hall–Kier alpha value is -0.520. The SMILES string of the molecule is C=C1CCCC(C)CCC(C(C)C)=C(C2CCCCCCCCC2)C1. The van der Waals surface area contributed by atoms with Crippen LogP contribution in [0.25, 0.3) is 0 Å². The molecule has 25 heavy (non-hydrogen) atoms. The molecule has 0 N–H and O–H groups in total. The Morgan fingerprint density at radius 2 is 1.36 bits per heavy atom. The topological polar surface area (TPSA) is 0 Å². The number of allylic oxidation sites excluding steroid dienone is 3. The highest BCUT2D eigenvalue weighted by Gasteiger charge is 2.22. The van der Waals surface area contributed by atoms with Gasteiger partial charge in [0, 0.05) is 0 Å². The fraction of sp³-hybridized carbons (Fsp3) is 0.840. The molecule has 144 valence electrons. The molecule has 1 saturated carbocycles. The van der Waals surface area contributed by atoms with E-state index in [4.69, 9.17) is 0 Å². The van der Waals surface area contributed by atoms with Crippen molar-refractivity contribution in [3.05, 3.63) is 23.3 Å². The molecule has 0 bridgehead atoms. The van der Waals surface area contributed by atoms with Gasteiger partial charge in [0.2, 0.25) is 0 Å². The van der Waals surface area contributed by atoms with Crippen molar-refractivity contribution in [2.24, 2.45) is 17.8 Å². The lowest BCUT2D eigenvalue weighted by Crippen LogP contribution is -2.14. The lowest BCUT2D eigenvalue weighted by molar-refractivity contribution is 0.408. The van der Waals surface area contributed by atoms with E-state index in [1.807, 2.05) is 11.1 Å². The lowest BCUT2D eigenvalue weighted by Gasteiger charge is -2.29. The van der Waals surface area contributed by atoms with Gasteiger partial charge in [-0.05, 0) is 62.7 Å². The van der Waals surface area contributed by atoms with E-state index in [0.29, 0.717) is 5.92 Å². The first-order chi connectivity index (χ1) is 12.1. The molecule has 0 saturated heterocycles. The average molecular weight is 345 g/mol. The fourth-order valence-electron chi connectivity index (χ4n) is 5.10. The normalized spacial score (nSPS) is 26.7. The van der Waals surface area contributed by atoms with Crippen LogP contribution in [0, 0.1) is 17.8 Å². The summed E-state index contributed by atoms with van der Waals surface area (Å²) in [6.07, 6.45) is 21.1. The highest BCUT2D eigenvalue weighted by molar-refractivity contribution is 5.25. The summed E-state index contributed by atoms with van der Waals surface area (Å²) >= 11 is 0. The Kier molecular flexibility index (Phi) is 9.35. The predicted molar refractivity (Wildman–Crippen MR) is 113 cm³/mol. The Morgan fingerprint density at radius 1 is 0.760 bits per heavy atom. The molecule has 1 unspecified atom stereocenters. The molecule has 0 heteroatoms. The van der Waals surface area contributed by atoms with Gasteiger partial charge in [0.05, 0.1) is 0 Å². The van der Waals surface area contributed by atoms with Crippen molar-refractivity contribution in [1.82, 2.24) is 0 Å². The van der Waals surface area contributed by atoms with E-state index in [0.717, 1.165) is 11.8 Å². The Balaban J connectivity index is 2.24. The highest BCUT2D eigenvalue weighted by atomic mass is 14.3. The van der Waals surface area contributed by atoms with Crippen LogP contribution in [0.3, 0.4) is 0 Å². The van der Waals surface area contributed by atoms with Crippen LogP contribution in [0.2, 0.25) is 0 Å². The van der Waals surface area contributed by atoms with Crippen molar-refractivity contribution in [3.8, 4) is 0 Å². The largest absolute Gasteiger partial charge is 0.0995 e. The van der Waals surface area contributed by atoms with Crippen LogP contribution in [-0.2, 0) is 0 Å². The molecule has 0 amide bonds. The molecule has 0 aromatic rings. The van der Waals surface area contributed by atoms with Gasteiger partial charge in [-0.3, -0.25) is 0 Å². The molecule has 1 fully saturated rings. The molecule has 0 aromatic heterocycles. The fourth-order valence-corrected chi connectivity index (χ4v) is 5.10. The third-order valence-corrected chi connectivity index (χ3v) is 6.78. The van der Waals surface area contributed by atoms with Gasteiger partial charge in [0.1, 0.15) is 0 Å². The minimum Gasteiger partial charge on any atom is -0.0995 e. The monoisotopic (exact) mass is 344 g/mol. The third kappa shape index (κ3) is 7.32. The molecule has 0 spiro atoms. The van der Waals surface area contributed by atoms with E-state index < -0.39 is 0 Å². The smallest absolute Gasteiger partial charge is 0.0106 e. The van der Waals surface area contributed by atoms with Crippen molar-refractivity contribution < 1.29 is 0 Å². The molecule has 0 nitrogen and oxygen atoms in total. The summed E-state index contributed by atoms with van der Waals surface area (Å²) in [5.41, 5.74) is 5.17. The average Bonchev–Trinajstić information content (AvgIpc) is 2.58. The Morgan fingerprint density at radius 3 is 1.96 bits per heavy atom. The van der Waals surface area contributed by atoms with Gasteiger partial charge in [0.25, 0.3) is 0 Å². The highest BCUT2D eigenvalue weighted by Crippen LogP contribution is 2.38. The van der Waals surface area contributed by atoms with Gasteiger partial charge < -0.3 is 0 Å². The third-order valence-electron chi connectivity index (χ3n) is 6.78. The summed E-state index contributed by atoms with van der Waals surface area (Å²) in [6.45, 7) is 11.8. The van der Waals surface area contributed by atoms with Crippen LogP contribution in [0.5, 0.6) is 0 Å². The quantitative estimate of drug-likeness (QED) is 0.440. The summed E-state index contributed by atoms with van der Waals surface area (Å²) in [7, 11) is 0. The molecule has 1 atom stereocenters. The molecular formula is C25H44. The zero-order valence-electron chi connectivity index (χ0n) is 17.5. The molecule has 2 aliphatic carbocycles. The Labute approximate surface area is 158 Å². The maximum absolute atomic E-state index is 4.49. The predicted octanol–water partition coefficient (Wildman–Crippen LogP) is 8.63. The first kappa shape index (κ1) is 20.8. The minimum atomic E-state index is 0.713. The van der Waals surface area contributed by atoms with Crippen molar-refractivity contribution >= 4 is 0 Å². The molecule has 0 radical (unpaired) electrons. The van der Waals surface area contributed by atoms with E-state index >= 15 is 0 Å². The second-order valence-corrected chi connectivity index (χ2v) is 9.42. The molecule has 2 aliphatic rings. The molecule has 0 aromatic carbocycles. The molecule has 0 aliphatic heterocycles. The van der Waals surface area contributed by atoms with Crippen molar-refractivity contribution in [2.75, 3.05) is 0 Å². The van der Waals surface area contributed by atoms with Gasteiger partial charge in [-0.25, -0.2) is 0 Å². The first-order valence-corrected chi connectivity index (χ1v) is 11.5. The van der Waals surface area contributed by atoms with Crippen LogP contribution < -0.4 is 0 Å². The van der Waals surface area contributed by atoms with Crippen LogP contribution >= 0.6 is 0 Å². The van der Waals surface area contributed by atoms with Gasteiger partial charge >= 0.3 is 0 Å². The van der Waals surface area contributed by atoms with Crippen LogP contribution in [0.15, 0.2) is 23.3 Å². The van der Waals surface area contributed by atoms with Gasteiger partial charge in [-0.2, -0.15) is 0 Å². The van der Waals surface area contributed by atoms with Crippen LogP contribution in [0.4, 0.5) is 0 Å². The van der Waals surface area contributed by atoms with E-state index in [1.54, 1.807) is 0 Å². The zero-order chi connectivity index (χ0) is 18.1. The Bertz CT molecular complexity index is 415. The zero-order valence-corrected chi connectivity index (χ0v) is 17.5. The van der Waals surface area contributed by atoms with E-state index in [9.17, 15) is 0 Å². The molecular weight excluding hydrogens is 300 g/mol. The summed E-state index contributed by atoms with van der Waals surface area (Å²) in [4.78, 5) is 0. The first-order valence-electron chi connectivity index (χ1n) is 11.5. The molecule has 0 heterocycles.